The van der Waals surface area contributed by atoms with Crippen LogP contribution in [0.5, 0.6) is 0 Å². The van der Waals surface area contributed by atoms with Crippen molar-refractivity contribution < 1.29 is 4.79 Å². The lowest BCUT2D eigenvalue weighted by Crippen LogP contribution is -2.04. The van der Waals surface area contributed by atoms with Gasteiger partial charge < -0.3 is 5.73 Å². The molecule has 1 amide bonds. The van der Waals surface area contributed by atoms with Crippen LogP contribution in [0.1, 0.15) is 6.92 Å². The van der Waals surface area contributed by atoms with Gasteiger partial charge in [-0.1, -0.05) is 5.92 Å². The second kappa shape index (κ2) is 3.94. The highest BCUT2D eigenvalue weighted by Gasteiger charge is 1.75. The van der Waals surface area contributed by atoms with Gasteiger partial charge >= 0.3 is 0 Å². The van der Waals surface area contributed by atoms with E-state index in [0.29, 0.717) is 0 Å². The van der Waals surface area contributed by atoms with Crippen LogP contribution < -0.4 is 5.73 Å². The summed E-state index contributed by atoms with van der Waals surface area (Å²) in [4.78, 5) is 9.94. The van der Waals surface area contributed by atoms with E-state index >= 15 is 0 Å². The molecule has 8 heavy (non-hydrogen) atoms. The van der Waals surface area contributed by atoms with Crippen molar-refractivity contribution >= 4 is 5.91 Å². The molecule has 0 aliphatic heterocycles. The van der Waals surface area contributed by atoms with Crippen LogP contribution >= 0.6 is 0 Å². The highest BCUT2D eigenvalue weighted by atomic mass is 16.1. The molecule has 0 aromatic heterocycles. The number of carbonyl (C=O) groups is 1. The molecule has 0 saturated heterocycles. The molecule has 0 saturated carbocycles. The first-order valence-electron chi connectivity index (χ1n) is 2.15. The van der Waals surface area contributed by atoms with E-state index in [1.807, 2.05) is 0 Å². The van der Waals surface area contributed by atoms with Crippen LogP contribution in [0, 0.1) is 11.8 Å². The van der Waals surface area contributed by atoms with Crippen LogP contribution in [0.4, 0.5) is 0 Å². The van der Waals surface area contributed by atoms with Crippen molar-refractivity contribution in [3.8, 4) is 11.8 Å². The molecular formula is C6H7NO. The van der Waals surface area contributed by atoms with Gasteiger partial charge in [-0.25, -0.2) is 0 Å². The molecule has 0 aromatic carbocycles. The quantitative estimate of drug-likeness (QED) is 0.375. The molecule has 0 unspecified atom stereocenters. The summed E-state index contributed by atoms with van der Waals surface area (Å²) in [5, 5.41) is 0. The van der Waals surface area contributed by atoms with E-state index in [9.17, 15) is 4.79 Å². The number of allylic oxidation sites excluding steroid dienone is 1. The van der Waals surface area contributed by atoms with Crippen molar-refractivity contribution in [1.82, 2.24) is 0 Å². The summed E-state index contributed by atoms with van der Waals surface area (Å²) in [5.74, 6) is 4.66. The first-order valence-corrected chi connectivity index (χ1v) is 2.15. The lowest BCUT2D eigenvalue weighted by molar-refractivity contribution is -0.113. The van der Waals surface area contributed by atoms with Gasteiger partial charge in [0.2, 0.25) is 5.91 Å². The smallest absolute Gasteiger partial charge is 0.242 e. The third-order valence-electron chi connectivity index (χ3n) is 0.475. The van der Waals surface area contributed by atoms with E-state index in [2.05, 4.69) is 11.8 Å². The minimum Gasteiger partial charge on any atom is -0.366 e. The summed E-state index contributed by atoms with van der Waals surface area (Å²) in [5.41, 5.74) is 4.74. The highest BCUT2D eigenvalue weighted by molar-refractivity contribution is 5.86. The van der Waals surface area contributed by atoms with Gasteiger partial charge in [0.1, 0.15) is 0 Å². The summed E-state index contributed by atoms with van der Waals surface area (Å²) in [6.07, 6.45) is 2.64. The normalized spacial score (nSPS) is 8.12. The maximum Gasteiger partial charge on any atom is 0.242 e. The van der Waals surface area contributed by atoms with Crippen LogP contribution in [0.25, 0.3) is 0 Å². The molecule has 2 nitrogen and oxygen atoms in total. The average molecular weight is 109 g/mol. The zero-order valence-electron chi connectivity index (χ0n) is 4.64. The second-order valence-corrected chi connectivity index (χ2v) is 1.13. The van der Waals surface area contributed by atoms with Crippen molar-refractivity contribution in [2.75, 3.05) is 0 Å². The van der Waals surface area contributed by atoms with Crippen LogP contribution in [-0.4, -0.2) is 5.91 Å². The van der Waals surface area contributed by atoms with Crippen LogP contribution in [0.2, 0.25) is 0 Å². The Morgan fingerprint density at radius 2 is 2.38 bits per heavy atom. The fourth-order valence-electron chi connectivity index (χ4n) is 0.207. The zero-order chi connectivity index (χ0) is 6.41. The third kappa shape index (κ3) is 4.77. The minimum atomic E-state index is -0.465. The predicted octanol–water partition coefficient (Wildman–Crippen LogP) is 0.0512. The van der Waals surface area contributed by atoms with Crippen LogP contribution in [0.15, 0.2) is 12.2 Å². The molecule has 0 bridgehead atoms. The average Bonchev–Trinajstić information content (AvgIpc) is 1.66. The van der Waals surface area contributed by atoms with E-state index in [1.165, 1.54) is 12.2 Å². The van der Waals surface area contributed by atoms with E-state index in [0.717, 1.165) is 0 Å². The largest absolute Gasteiger partial charge is 0.366 e. The van der Waals surface area contributed by atoms with Crippen molar-refractivity contribution in [1.29, 1.82) is 0 Å². The molecule has 0 atom stereocenters. The fourth-order valence-corrected chi connectivity index (χ4v) is 0.207. The van der Waals surface area contributed by atoms with Gasteiger partial charge in [-0.15, -0.1) is 5.92 Å². The first kappa shape index (κ1) is 6.77. The number of nitrogens with two attached hydrogens (primary N) is 1. The van der Waals surface area contributed by atoms with Gasteiger partial charge in [0, 0.05) is 6.08 Å². The van der Waals surface area contributed by atoms with Gasteiger partial charge in [-0.05, 0) is 13.0 Å². The van der Waals surface area contributed by atoms with Crippen LogP contribution in [0.3, 0.4) is 0 Å². The van der Waals surface area contributed by atoms with Gasteiger partial charge in [-0.3, -0.25) is 4.79 Å². The summed E-state index contributed by atoms with van der Waals surface area (Å²) < 4.78 is 0. The molecule has 0 aromatic rings. The molecular weight excluding hydrogens is 102 g/mol. The van der Waals surface area contributed by atoms with Crippen molar-refractivity contribution in [2.24, 2.45) is 5.73 Å². The Bertz CT molecular complexity index is 159. The summed E-state index contributed by atoms with van der Waals surface area (Å²) in [6, 6.07) is 0. The number of amides is 1. The van der Waals surface area contributed by atoms with E-state index in [1.54, 1.807) is 6.92 Å². The number of carbonyl (C=O) groups excluding carboxylic acids is 1. The summed E-state index contributed by atoms with van der Waals surface area (Å²) in [7, 11) is 0. The maximum absolute atomic E-state index is 9.94. The monoisotopic (exact) mass is 109 g/mol. The topological polar surface area (TPSA) is 43.1 Å². The Morgan fingerprint density at radius 1 is 1.75 bits per heavy atom. The van der Waals surface area contributed by atoms with Crippen molar-refractivity contribution in [2.45, 2.75) is 6.92 Å². The standard InChI is InChI=1S/C6H7NO/c1-2-3-4-5-6(7)8/h4-5H,1H3,(H2,7,8)/b5-4+. The molecule has 0 spiro atoms. The SMILES string of the molecule is CC#C/C=C/C(N)=O. The molecule has 2 heteroatoms. The van der Waals surface area contributed by atoms with Crippen molar-refractivity contribution in [3.05, 3.63) is 12.2 Å². The minimum absolute atomic E-state index is 0.465. The number of primary amides is 1. The van der Waals surface area contributed by atoms with Gasteiger partial charge in [0.25, 0.3) is 0 Å². The maximum atomic E-state index is 9.94. The Labute approximate surface area is 48.4 Å². The van der Waals surface area contributed by atoms with Gasteiger partial charge in [0.15, 0.2) is 0 Å². The Morgan fingerprint density at radius 3 is 2.75 bits per heavy atom. The molecule has 0 heterocycles. The molecule has 0 aliphatic rings. The number of hydrogen-bond acceptors (Lipinski definition) is 1. The van der Waals surface area contributed by atoms with E-state index < -0.39 is 5.91 Å². The first-order chi connectivity index (χ1) is 3.77. The lowest BCUT2D eigenvalue weighted by atomic mass is 10.5. The molecule has 2 N–H and O–H groups in total. The second-order valence-electron chi connectivity index (χ2n) is 1.13. The van der Waals surface area contributed by atoms with Crippen LogP contribution in [-0.2, 0) is 4.79 Å². The van der Waals surface area contributed by atoms with Gasteiger partial charge in [-0.2, -0.15) is 0 Å². The molecule has 0 radical (unpaired) electrons. The molecule has 0 fully saturated rings. The Kier molecular flexibility index (Phi) is 3.34. The highest BCUT2D eigenvalue weighted by Crippen LogP contribution is 1.65. The molecule has 0 aliphatic carbocycles. The Hall–Kier alpha value is -1.23. The van der Waals surface area contributed by atoms with Gasteiger partial charge in [0.05, 0.1) is 0 Å². The van der Waals surface area contributed by atoms with Crippen molar-refractivity contribution in [3.63, 3.8) is 0 Å². The number of hydrogen-bond donors (Lipinski definition) is 1. The number of rotatable bonds is 1. The predicted molar refractivity (Wildman–Crippen MR) is 31.8 cm³/mol. The summed E-state index contributed by atoms with van der Waals surface area (Å²) in [6.45, 7) is 1.69. The third-order valence-corrected chi connectivity index (χ3v) is 0.475. The molecule has 42 valence electrons. The molecule has 0 rings (SSSR count). The zero-order valence-corrected chi connectivity index (χ0v) is 4.64. The summed E-state index contributed by atoms with van der Waals surface area (Å²) >= 11 is 0. The van der Waals surface area contributed by atoms with E-state index in [4.69, 9.17) is 5.73 Å². The van der Waals surface area contributed by atoms with E-state index in [-0.39, 0.29) is 0 Å². The lowest BCUT2D eigenvalue weighted by Gasteiger charge is -1.70. The fraction of sp³-hybridized carbons (Fsp3) is 0.167. The Balaban J connectivity index is 3.61.